The largest absolute Gasteiger partial charge is 0.332 e. The lowest BCUT2D eigenvalue weighted by Crippen LogP contribution is -2.53. The zero-order valence-electron chi connectivity index (χ0n) is 12.9. The zero-order valence-corrected chi connectivity index (χ0v) is 14.5. The Kier molecular flexibility index (Phi) is 4.26. The number of rotatable bonds is 4. The third-order valence-corrected chi connectivity index (χ3v) is 7.27. The number of nitrogens with zero attached hydrogens (tertiary/aromatic N) is 3. The second-order valence-corrected chi connectivity index (χ2v) is 9.13. The summed E-state index contributed by atoms with van der Waals surface area (Å²) in [6.45, 7) is 4.63. The van der Waals surface area contributed by atoms with Gasteiger partial charge in [0, 0.05) is 30.4 Å². The van der Waals surface area contributed by atoms with Crippen LogP contribution >= 0.6 is 11.3 Å². The van der Waals surface area contributed by atoms with E-state index in [-0.39, 0.29) is 23.7 Å². The summed E-state index contributed by atoms with van der Waals surface area (Å²) in [6.07, 6.45) is 1.77. The fraction of sp³-hybridized carbons (Fsp3) is 0.714. The van der Waals surface area contributed by atoms with Crippen molar-refractivity contribution in [2.75, 3.05) is 12.3 Å². The highest BCUT2D eigenvalue weighted by atomic mass is 32.2. The minimum absolute atomic E-state index is 0.00965. The fourth-order valence-electron chi connectivity index (χ4n) is 3.48. The number of likely N-dealkylation sites (tertiary alicyclic amines) is 1. The summed E-state index contributed by atoms with van der Waals surface area (Å²) in [5, 5.41) is 2.96. The van der Waals surface area contributed by atoms with Crippen molar-refractivity contribution < 1.29 is 13.2 Å². The summed E-state index contributed by atoms with van der Waals surface area (Å²) < 4.78 is 26.1. The predicted molar refractivity (Wildman–Crippen MR) is 85.0 cm³/mol. The van der Waals surface area contributed by atoms with Gasteiger partial charge in [0.2, 0.25) is 15.9 Å². The highest BCUT2D eigenvalue weighted by Gasteiger charge is 2.46. The molecular formula is C14H21N3O3S2. The average molecular weight is 343 g/mol. The number of carbonyl (C=O) groups is 1. The molecule has 0 spiro atoms. The first kappa shape index (κ1) is 15.9. The molecule has 1 aromatic rings. The summed E-state index contributed by atoms with van der Waals surface area (Å²) in [7, 11) is -3.20. The molecule has 0 aliphatic carbocycles. The van der Waals surface area contributed by atoms with E-state index in [1.54, 1.807) is 22.6 Å². The molecule has 2 fully saturated rings. The highest BCUT2D eigenvalue weighted by Crippen LogP contribution is 2.34. The van der Waals surface area contributed by atoms with E-state index < -0.39 is 10.0 Å². The Hall–Kier alpha value is -0.990. The fourth-order valence-corrected chi connectivity index (χ4v) is 5.46. The van der Waals surface area contributed by atoms with E-state index >= 15 is 0 Å². The van der Waals surface area contributed by atoms with Crippen LogP contribution in [0.25, 0.3) is 0 Å². The predicted octanol–water partition coefficient (Wildman–Crippen LogP) is 1.37. The van der Waals surface area contributed by atoms with Crippen LogP contribution in [-0.4, -0.2) is 52.9 Å². The molecule has 0 bridgehead atoms. The molecule has 2 saturated heterocycles. The van der Waals surface area contributed by atoms with Crippen LogP contribution in [0, 0.1) is 6.92 Å². The lowest BCUT2D eigenvalue weighted by Gasteiger charge is -2.39. The first-order valence-corrected chi connectivity index (χ1v) is 10.1. The van der Waals surface area contributed by atoms with Gasteiger partial charge < -0.3 is 4.90 Å². The number of aromatic nitrogens is 1. The van der Waals surface area contributed by atoms with Crippen molar-refractivity contribution in [3.63, 3.8) is 0 Å². The van der Waals surface area contributed by atoms with Gasteiger partial charge in [0.05, 0.1) is 23.0 Å². The monoisotopic (exact) mass is 343 g/mol. The van der Waals surface area contributed by atoms with E-state index in [0.29, 0.717) is 25.9 Å². The van der Waals surface area contributed by atoms with Crippen LogP contribution in [-0.2, 0) is 21.4 Å². The zero-order chi connectivity index (χ0) is 15.9. The van der Waals surface area contributed by atoms with E-state index in [2.05, 4.69) is 4.98 Å². The molecule has 122 valence electrons. The summed E-state index contributed by atoms with van der Waals surface area (Å²) in [4.78, 5) is 18.6. The molecule has 0 saturated carbocycles. The number of sulfonamides is 1. The molecule has 2 aliphatic rings. The molecular weight excluding hydrogens is 322 g/mol. The number of thiazole rings is 1. The van der Waals surface area contributed by atoms with Crippen molar-refractivity contribution in [2.24, 2.45) is 0 Å². The second kappa shape index (κ2) is 5.90. The number of aryl methyl sites for hydroxylation is 1. The van der Waals surface area contributed by atoms with Crippen LogP contribution < -0.4 is 0 Å². The Labute approximate surface area is 135 Å². The first-order valence-electron chi connectivity index (χ1n) is 7.62. The summed E-state index contributed by atoms with van der Waals surface area (Å²) in [5.74, 6) is 0.234. The molecule has 0 N–H and O–H groups in total. The van der Waals surface area contributed by atoms with Gasteiger partial charge in [-0.3, -0.25) is 4.79 Å². The molecule has 8 heteroatoms. The summed E-state index contributed by atoms with van der Waals surface area (Å²) >= 11 is 1.57. The number of carbonyl (C=O) groups excluding carboxylic acids is 1. The molecule has 0 aromatic carbocycles. The Morgan fingerprint density at radius 3 is 2.77 bits per heavy atom. The molecule has 2 aliphatic heterocycles. The van der Waals surface area contributed by atoms with E-state index in [4.69, 9.17) is 0 Å². The quantitative estimate of drug-likeness (QED) is 0.828. The van der Waals surface area contributed by atoms with Crippen molar-refractivity contribution in [3.05, 3.63) is 16.1 Å². The van der Waals surface area contributed by atoms with Crippen LogP contribution in [0.5, 0.6) is 0 Å². The number of amides is 1. The van der Waals surface area contributed by atoms with Gasteiger partial charge in [0.15, 0.2) is 0 Å². The van der Waals surface area contributed by atoms with Crippen LogP contribution in [0.4, 0.5) is 0 Å². The topological polar surface area (TPSA) is 70.6 Å². The summed E-state index contributed by atoms with van der Waals surface area (Å²) in [5.41, 5.74) is 0.897. The summed E-state index contributed by atoms with van der Waals surface area (Å²) in [6, 6.07) is -0.0769. The minimum atomic E-state index is -3.20. The lowest BCUT2D eigenvalue weighted by molar-refractivity contribution is -0.138. The molecule has 6 nitrogen and oxygen atoms in total. The van der Waals surface area contributed by atoms with Crippen molar-refractivity contribution in [3.8, 4) is 0 Å². The number of piperidine rings is 1. The maximum absolute atomic E-state index is 12.3. The molecule has 0 unspecified atom stereocenters. The molecule has 1 amide bonds. The number of hydrogen-bond acceptors (Lipinski definition) is 5. The minimum Gasteiger partial charge on any atom is -0.332 e. The number of fused-ring (bicyclic) bond motifs is 1. The molecule has 2 atom stereocenters. The van der Waals surface area contributed by atoms with Crippen LogP contribution in [0.1, 0.15) is 36.9 Å². The number of hydrogen-bond donors (Lipinski definition) is 0. The van der Waals surface area contributed by atoms with E-state index in [9.17, 15) is 13.2 Å². The van der Waals surface area contributed by atoms with Gasteiger partial charge in [-0.1, -0.05) is 0 Å². The van der Waals surface area contributed by atoms with Gasteiger partial charge in [-0.15, -0.1) is 11.3 Å². The van der Waals surface area contributed by atoms with Gasteiger partial charge in [-0.2, -0.15) is 4.31 Å². The van der Waals surface area contributed by atoms with Crippen LogP contribution in [0.15, 0.2) is 5.38 Å². The molecule has 22 heavy (non-hydrogen) atoms. The van der Waals surface area contributed by atoms with Gasteiger partial charge in [-0.25, -0.2) is 13.4 Å². The van der Waals surface area contributed by atoms with Crippen molar-refractivity contribution in [1.82, 2.24) is 14.2 Å². The highest BCUT2D eigenvalue weighted by molar-refractivity contribution is 7.89. The normalized spacial score (nSPS) is 26.5. The van der Waals surface area contributed by atoms with Gasteiger partial charge in [0.1, 0.15) is 0 Å². The van der Waals surface area contributed by atoms with Crippen LogP contribution in [0.2, 0.25) is 0 Å². The van der Waals surface area contributed by atoms with Crippen LogP contribution in [0.3, 0.4) is 0 Å². The first-order chi connectivity index (χ1) is 10.4. The molecule has 0 radical (unpaired) electrons. The lowest BCUT2D eigenvalue weighted by atomic mass is 9.97. The van der Waals surface area contributed by atoms with E-state index in [0.717, 1.165) is 17.1 Å². The Bertz CT molecular complexity index is 671. The van der Waals surface area contributed by atoms with Crippen molar-refractivity contribution >= 4 is 27.3 Å². The van der Waals surface area contributed by atoms with E-state index in [1.807, 2.05) is 17.2 Å². The standard InChI is InChI=1S/C14H21N3O3S2/c1-3-22(19,20)17-7-6-12-13(17)4-5-14(18)16(12)8-11-9-21-10(2)15-11/h9,12-13H,3-8H2,1-2H3/t12-,13-/m0/s1. The maximum atomic E-state index is 12.3. The maximum Gasteiger partial charge on any atom is 0.223 e. The van der Waals surface area contributed by atoms with Gasteiger partial charge >= 0.3 is 0 Å². The third kappa shape index (κ3) is 2.79. The Balaban J connectivity index is 1.81. The van der Waals surface area contributed by atoms with Gasteiger partial charge in [-0.05, 0) is 26.7 Å². The smallest absolute Gasteiger partial charge is 0.223 e. The SMILES string of the molecule is CCS(=O)(=O)N1CC[C@H]2[C@@H]1CCC(=O)N2Cc1csc(C)n1. The molecule has 1 aromatic heterocycles. The second-order valence-electron chi connectivity index (χ2n) is 5.85. The van der Waals surface area contributed by atoms with Crippen molar-refractivity contribution in [2.45, 2.75) is 51.7 Å². The van der Waals surface area contributed by atoms with E-state index in [1.165, 1.54) is 0 Å². The average Bonchev–Trinajstić information content (AvgIpc) is 3.08. The molecule has 3 rings (SSSR count). The molecule has 3 heterocycles. The Morgan fingerprint density at radius 1 is 1.36 bits per heavy atom. The van der Waals surface area contributed by atoms with Crippen molar-refractivity contribution in [1.29, 1.82) is 0 Å². The third-order valence-electron chi connectivity index (χ3n) is 4.55. The Morgan fingerprint density at radius 2 is 2.14 bits per heavy atom. The van der Waals surface area contributed by atoms with Gasteiger partial charge in [0.25, 0.3) is 0 Å².